The van der Waals surface area contributed by atoms with Crippen LogP contribution in [0.2, 0.25) is 0 Å². The van der Waals surface area contributed by atoms with E-state index in [4.69, 9.17) is 0 Å². The molecule has 2 aromatic rings. The summed E-state index contributed by atoms with van der Waals surface area (Å²) in [6.45, 7) is 1.92. The minimum absolute atomic E-state index is 1.06. The van der Waals surface area contributed by atoms with Gasteiger partial charge in [0.2, 0.25) is 0 Å². The molecule has 0 radical (unpaired) electrons. The Balaban J connectivity index is 0.000000336. The molecule has 1 unspecified atom stereocenters. The molecule has 0 aliphatic carbocycles. The number of benzene rings is 1. The Morgan fingerprint density at radius 3 is 2.42 bits per heavy atom. The Morgan fingerprint density at radius 2 is 1.67 bits per heavy atom. The molecule has 1 aromatic carbocycles. The number of hydrogen-bond donors (Lipinski definition) is 0. The molecule has 62 valence electrons. The fraction of sp³-hybridized carbons (Fsp3) is 0.100. The van der Waals surface area contributed by atoms with E-state index in [2.05, 4.69) is 26.4 Å². The predicted octanol–water partition coefficient (Wildman–Crippen LogP) is 2.73. The second-order valence-corrected chi connectivity index (χ2v) is 2.20. The molecule has 2 rings (SSSR count). The first kappa shape index (κ1) is 9.15. The van der Waals surface area contributed by atoms with Crippen molar-refractivity contribution < 1.29 is 0 Å². The molecule has 0 bridgehead atoms. The Morgan fingerprint density at radius 1 is 1.00 bits per heavy atom. The molecular formula is C10H12NP. The van der Waals surface area contributed by atoms with Crippen LogP contribution in [0.25, 0.3) is 10.9 Å². The SMILES string of the molecule is CP.c1ccc2ncccc2c1. The number of pyridine rings is 1. The molecule has 1 aromatic heterocycles. The number of rotatable bonds is 0. The molecule has 12 heavy (non-hydrogen) atoms. The molecule has 0 fully saturated rings. The fourth-order valence-corrected chi connectivity index (χ4v) is 1.02. The van der Waals surface area contributed by atoms with Crippen LogP contribution in [-0.2, 0) is 0 Å². The third kappa shape index (κ3) is 2.02. The van der Waals surface area contributed by atoms with Crippen LogP contribution in [0.15, 0.2) is 42.6 Å². The van der Waals surface area contributed by atoms with Gasteiger partial charge in [0.05, 0.1) is 5.52 Å². The van der Waals surface area contributed by atoms with Crippen LogP contribution in [0.4, 0.5) is 0 Å². The number of aromatic nitrogens is 1. The Labute approximate surface area is 75.0 Å². The van der Waals surface area contributed by atoms with Crippen molar-refractivity contribution in [3.05, 3.63) is 42.6 Å². The predicted molar refractivity (Wildman–Crippen MR) is 57.4 cm³/mol. The quantitative estimate of drug-likeness (QED) is 0.564. The zero-order chi connectivity index (χ0) is 8.81. The summed E-state index contributed by atoms with van der Waals surface area (Å²) in [6, 6.07) is 12.1. The van der Waals surface area contributed by atoms with Crippen molar-refractivity contribution >= 4 is 20.1 Å². The number of nitrogens with zero attached hydrogens (tertiary/aromatic N) is 1. The molecule has 0 amide bonds. The lowest BCUT2D eigenvalue weighted by atomic mass is 10.2. The monoisotopic (exact) mass is 177 g/mol. The molecular weight excluding hydrogens is 165 g/mol. The van der Waals surface area contributed by atoms with Gasteiger partial charge in [0.25, 0.3) is 0 Å². The maximum Gasteiger partial charge on any atom is 0.0701 e. The average molecular weight is 177 g/mol. The highest BCUT2D eigenvalue weighted by Gasteiger charge is 1.86. The fourth-order valence-electron chi connectivity index (χ4n) is 1.02. The summed E-state index contributed by atoms with van der Waals surface area (Å²) in [6.07, 6.45) is 1.81. The molecule has 0 saturated carbocycles. The first-order valence-corrected chi connectivity index (χ1v) is 5.00. The van der Waals surface area contributed by atoms with E-state index in [0.29, 0.717) is 0 Å². The van der Waals surface area contributed by atoms with E-state index in [1.807, 2.05) is 37.1 Å². The topological polar surface area (TPSA) is 12.9 Å². The maximum atomic E-state index is 4.18. The molecule has 0 aliphatic rings. The minimum Gasteiger partial charge on any atom is -0.256 e. The highest BCUT2D eigenvalue weighted by atomic mass is 31.0. The van der Waals surface area contributed by atoms with E-state index in [9.17, 15) is 0 Å². The Hall–Kier alpha value is -0.940. The van der Waals surface area contributed by atoms with Crippen LogP contribution in [-0.4, -0.2) is 11.6 Å². The normalized spacial score (nSPS) is 8.83. The third-order valence-corrected chi connectivity index (χ3v) is 1.51. The molecule has 0 spiro atoms. The van der Waals surface area contributed by atoms with Crippen LogP contribution in [0.1, 0.15) is 0 Å². The number of fused-ring (bicyclic) bond motifs is 1. The van der Waals surface area contributed by atoms with Crippen LogP contribution in [0, 0.1) is 0 Å². The summed E-state index contributed by atoms with van der Waals surface area (Å²) in [5.41, 5.74) is 1.06. The van der Waals surface area contributed by atoms with Gasteiger partial charge in [0.15, 0.2) is 0 Å². The van der Waals surface area contributed by atoms with Gasteiger partial charge in [-0.25, -0.2) is 0 Å². The van der Waals surface area contributed by atoms with Gasteiger partial charge >= 0.3 is 0 Å². The van der Waals surface area contributed by atoms with Crippen LogP contribution in [0.5, 0.6) is 0 Å². The number of para-hydroxylation sites is 1. The van der Waals surface area contributed by atoms with Crippen molar-refractivity contribution in [2.75, 3.05) is 6.66 Å². The van der Waals surface area contributed by atoms with Gasteiger partial charge in [-0.05, 0) is 12.1 Å². The minimum atomic E-state index is 1.06. The highest BCUT2D eigenvalue weighted by Crippen LogP contribution is 2.07. The third-order valence-electron chi connectivity index (χ3n) is 1.51. The lowest BCUT2D eigenvalue weighted by molar-refractivity contribution is 1.41. The van der Waals surface area contributed by atoms with E-state index in [1.54, 1.807) is 0 Å². The molecule has 0 saturated heterocycles. The molecule has 0 N–H and O–H groups in total. The largest absolute Gasteiger partial charge is 0.256 e. The van der Waals surface area contributed by atoms with Gasteiger partial charge in [0, 0.05) is 11.6 Å². The molecule has 0 aliphatic heterocycles. The molecule has 2 heteroatoms. The van der Waals surface area contributed by atoms with E-state index in [-0.39, 0.29) is 0 Å². The van der Waals surface area contributed by atoms with E-state index < -0.39 is 0 Å². The van der Waals surface area contributed by atoms with Crippen LogP contribution in [0.3, 0.4) is 0 Å². The smallest absolute Gasteiger partial charge is 0.0701 e. The summed E-state index contributed by atoms with van der Waals surface area (Å²) >= 11 is 0. The van der Waals surface area contributed by atoms with Crippen molar-refractivity contribution in [1.82, 2.24) is 4.98 Å². The van der Waals surface area contributed by atoms with Crippen molar-refractivity contribution in [1.29, 1.82) is 0 Å². The van der Waals surface area contributed by atoms with Gasteiger partial charge in [-0.15, -0.1) is 9.24 Å². The van der Waals surface area contributed by atoms with Gasteiger partial charge in [0.1, 0.15) is 0 Å². The standard InChI is InChI=1S/C9H7N.CH5P/c1-2-6-9-8(4-1)5-3-7-10-9;1-2/h1-7H;2H2,1H3. The van der Waals surface area contributed by atoms with Gasteiger partial charge < -0.3 is 0 Å². The summed E-state index contributed by atoms with van der Waals surface area (Å²) in [5.74, 6) is 0. The average Bonchev–Trinajstić information content (AvgIpc) is 2.21. The Bertz CT molecular complexity index is 281. The first-order valence-electron chi connectivity index (χ1n) is 3.84. The van der Waals surface area contributed by atoms with Crippen molar-refractivity contribution in [3.63, 3.8) is 0 Å². The highest BCUT2D eigenvalue weighted by molar-refractivity contribution is 7.15. The van der Waals surface area contributed by atoms with Gasteiger partial charge in [-0.1, -0.05) is 30.9 Å². The van der Waals surface area contributed by atoms with E-state index in [0.717, 1.165) is 5.52 Å². The molecule has 1 atom stereocenters. The zero-order valence-corrected chi connectivity index (χ0v) is 8.22. The molecule has 1 nitrogen and oxygen atoms in total. The zero-order valence-electron chi connectivity index (χ0n) is 7.07. The second kappa shape index (κ2) is 4.84. The van der Waals surface area contributed by atoms with Crippen LogP contribution >= 0.6 is 9.24 Å². The summed E-state index contributed by atoms with van der Waals surface area (Å²) in [5, 5.41) is 1.20. The van der Waals surface area contributed by atoms with E-state index in [1.165, 1.54) is 5.39 Å². The lowest BCUT2D eigenvalue weighted by Crippen LogP contribution is -1.73. The Kier molecular flexibility index (Phi) is 3.69. The van der Waals surface area contributed by atoms with Gasteiger partial charge in [-0.2, -0.15) is 0 Å². The molecule has 1 heterocycles. The lowest BCUT2D eigenvalue weighted by Gasteiger charge is -1.91. The van der Waals surface area contributed by atoms with Crippen molar-refractivity contribution in [2.45, 2.75) is 0 Å². The second-order valence-electron chi connectivity index (χ2n) is 2.20. The van der Waals surface area contributed by atoms with Crippen molar-refractivity contribution in [3.8, 4) is 0 Å². The van der Waals surface area contributed by atoms with Crippen molar-refractivity contribution in [2.24, 2.45) is 0 Å². The summed E-state index contributed by atoms with van der Waals surface area (Å²) < 4.78 is 0. The summed E-state index contributed by atoms with van der Waals surface area (Å²) in [7, 11) is 2.42. The number of hydrogen-bond acceptors (Lipinski definition) is 1. The maximum absolute atomic E-state index is 4.18. The van der Waals surface area contributed by atoms with Crippen LogP contribution < -0.4 is 0 Å². The van der Waals surface area contributed by atoms with Gasteiger partial charge in [-0.3, -0.25) is 4.98 Å². The first-order chi connectivity index (χ1) is 5.97. The van der Waals surface area contributed by atoms with E-state index >= 15 is 0 Å². The summed E-state index contributed by atoms with van der Waals surface area (Å²) in [4.78, 5) is 4.18.